The Hall–Kier alpha value is -2.31. The van der Waals surface area contributed by atoms with Crippen LogP contribution < -0.4 is 9.64 Å². The maximum absolute atomic E-state index is 13.2. The quantitative estimate of drug-likeness (QED) is 0.854. The zero-order valence-corrected chi connectivity index (χ0v) is 12.4. The summed E-state index contributed by atoms with van der Waals surface area (Å²) < 4.78 is 44.8. The van der Waals surface area contributed by atoms with Crippen LogP contribution in [0, 0.1) is 0 Å². The highest BCUT2D eigenvalue weighted by Crippen LogP contribution is 2.37. The van der Waals surface area contributed by atoms with Gasteiger partial charge in [0, 0.05) is 18.9 Å². The number of nitrogens with zero attached hydrogens (tertiary/aromatic N) is 3. The zero-order chi connectivity index (χ0) is 16.3. The summed E-state index contributed by atoms with van der Waals surface area (Å²) in [6.45, 7) is 3.50. The lowest BCUT2D eigenvalue weighted by Crippen LogP contribution is -2.20. The minimum Gasteiger partial charge on any atom is -0.461 e. The number of ether oxygens (including phenoxy) is 1. The Balaban J connectivity index is 2.49. The molecule has 4 nitrogen and oxygen atoms in total. The fourth-order valence-corrected chi connectivity index (χ4v) is 1.85. The van der Waals surface area contributed by atoms with E-state index in [0.29, 0.717) is 5.69 Å². The van der Waals surface area contributed by atoms with Crippen molar-refractivity contribution in [2.24, 2.45) is 0 Å². The van der Waals surface area contributed by atoms with Crippen LogP contribution in [0.4, 0.5) is 24.7 Å². The summed E-state index contributed by atoms with van der Waals surface area (Å²) in [6.07, 6.45) is -4.03. The predicted molar refractivity (Wildman–Crippen MR) is 77.3 cm³/mol. The summed E-state index contributed by atoms with van der Waals surface area (Å²) in [6, 6.07) is 8.59. The Bertz CT molecular complexity index is 630. The molecule has 2 aromatic rings. The third-order valence-corrected chi connectivity index (χ3v) is 2.85. The summed E-state index contributed by atoms with van der Waals surface area (Å²) >= 11 is 0. The average molecular weight is 311 g/mol. The van der Waals surface area contributed by atoms with E-state index >= 15 is 0 Å². The monoisotopic (exact) mass is 311 g/mol. The number of rotatable bonds is 4. The number of aromatic nitrogens is 2. The maximum atomic E-state index is 13.2. The molecule has 0 saturated heterocycles. The van der Waals surface area contributed by atoms with Crippen molar-refractivity contribution in [1.29, 1.82) is 0 Å². The van der Waals surface area contributed by atoms with Crippen molar-refractivity contribution in [3.05, 3.63) is 42.1 Å². The maximum Gasteiger partial charge on any atom is 0.421 e. The van der Waals surface area contributed by atoms with E-state index in [-0.39, 0.29) is 17.9 Å². The van der Waals surface area contributed by atoms with E-state index in [4.69, 9.17) is 4.74 Å². The molecule has 7 heteroatoms. The fraction of sp³-hybridized carbons (Fsp3) is 0.333. The van der Waals surface area contributed by atoms with E-state index < -0.39 is 11.7 Å². The van der Waals surface area contributed by atoms with Crippen LogP contribution in [0.15, 0.2) is 36.5 Å². The van der Waals surface area contributed by atoms with Gasteiger partial charge in [0.1, 0.15) is 5.56 Å². The van der Waals surface area contributed by atoms with E-state index in [1.54, 1.807) is 44.2 Å². The number of hydrogen-bond acceptors (Lipinski definition) is 4. The summed E-state index contributed by atoms with van der Waals surface area (Å²) in [5.74, 6) is -0.246. The average Bonchev–Trinajstić information content (AvgIpc) is 2.45. The molecule has 0 amide bonds. The summed E-state index contributed by atoms with van der Waals surface area (Å²) in [5, 5.41) is 0. The first-order chi connectivity index (χ1) is 10.3. The standard InChI is InChI=1S/C15H16F3N3O/c1-10(2)22-14-19-9-12(15(16,17)18)13(20-14)21(3)11-7-5-4-6-8-11/h4-10H,1-3H3. The van der Waals surface area contributed by atoms with E-state index in [0.717, 1.165) is 6.20 Å². The largest absolute Gasteiger partial charge is 0.461 e. The van der Waals surface area contributed by atoms with Gasteiger partial charge in [-0.25, -0.2) is 4.98 Å². The molecule has 118 valence electrons. The molecular weight excluding hydrogens is 295 g/mol. The van der Waals surface area contributed by atoms with Crippen molar-refractivity contribution < 1.29 is 17.9 Å². The first-order valence-corrected chi connectivity index (χ1v) is 6.68. The molecule has 0 unspecified atom stereocenters. The highest BCUT2D eigenvalue weighted by molar-refractivity contribution is 5.62. The van der Waals surface area contributed by atoms with Gasteiger partial charge in [-0.2, -0.15) is 18.2 Å². The fourth-order valence-electron chi connectivity index (χ4n) is 1.85. The van der Waals surface area contributed by atoms with E-state index in [9.17, 15) is 13.2 Å². The van der Waals surface area contributed by atoms with Gasteiger partial charge in [0.2, 0.25) is 0 Å². The third kappa shape index (κ3) is 3.66. The Morgan fingerprint density at radius 1 is 1.14 bits per heavy atom. The van der Waals surface area contributed by atoms with Gasteiger partial charge >= 0.3 is 12.2 Å². The van der Waals surface area contributed by atoms with E-state index in [1.165, 1.54) is 11.9 Å². The lowest BCUT2D eigenvalue weighted by atomic mass is 10.2. The van der Waals surface area contributed by atoms with Gasteiger partial charge in [0.25, 0.3) is 0 Å². The van der Waals surface area contributed by atoms with Crippen molar-refractivity contribution in [2.75, 3.05) is 11.9 Å². The van der Waals surface area contributed by atoms with Crippen LogP contribution in [-0.2, 0) is 6.18 Å². The molecule has 0 saturated carbocycles. The van der Waals surface area contributed by atoms with E-state index in [2.05, 4.69) is 9.97 Å². The molecule has 1 heterocycles. The third-order valence-electron chi connectivity index (χ3n) is 2.85. The van der Waals surface area contributed by atoms with Gasteiger partial charge in [-0.3, -0.25) is 0 Å². The molecular formula is C15H16F3N3O. The first kappa shape index (κ1) is 16.1. The van der Waals surface area contributed by atoms with Crippen LogP contribution in [0.5, 0.6) is 6.01 Å². The number of alkyl halides is 3. The van der Waals surface area contributed by atoms with Crippen molar-refractivity contribution in [1.82, 2.24) is 9.97 Å². The van der Waals surface area contributed by atoms with Crippen LogP contribution in [0.25, 0.3) is 0 Å². The number of para-hydroxylation sites is 1. The molecule has 0 atom stereocenters. The zero-order valence-electron chi connectivity index (χ0n) is 12.4. The highest BCUT2D eigenvalue weighted by atomic mass is 19.4. The molecule has 0 aliphatic carbocycles. The van der Waals surface area contributed by atoms with Crippen molar-refractivity contribution in [2.45, 2.75) is 26.1 Å². The second-order valence-electron chi connectivity index (χ2n) is 4.95. The molecule has 0 bridgehead atoms. The molecule has 0 radical (unpaired) electrons. The molecule has 0 spiro atoms. The molecule has 1 aromatic carbocycles. The summed E-state index contributed by atoms with van der Waals surface area (Å²) in [5.41, 5.74) is -0.322. The minimum atomic E-state index is -4.55. The van der Waals surface area contributed by atoms with Crippen molar-refractivity contribution >= 4 is 11.5 Å². The van der Waals surface area contributed by atoms with Crippen LogP contribution in [0.1, 0.15) is 19.4 Å². The molecule has 22 heavy (non-hydrogen) atoms. The first-order valence-electron chi connectivity index (χ1n) is 6.68. The number of hydrogen-bond donors (Lipinski definition) is 0. The predicted octanol–water partition coefficient (Wildman–Crippen LogP) is 4.05. The van der Waals surface area contributed by atoms with Crippen LogP contribution in [-0.4, -0.2) is 23.1 Å². The molecule has 0 aliphatic heterocycles. The number of benzene rings is 1. The molecule has 0 aliphatic rings. The van der Waals surface area contributed by atoms with Crippen molar-refractivity contribution in [3.63, 3.8) is 0 Å². The Labute approximate surface area is 126 Å². The van der Waals surface area contributed by atoms with Gasteiger partial charge in [0.05, 0.1) is 6.10 Å². The second-order valence-corrected chi connectivity index (χ2v) is 4.95. The second kappa shape index (κ2) is 6.21. The van der Waals surface area contributed by atoms with Crippen LogP contribution in [0.3, 0.4) is 0 Å². The van der Waals surface area contributed by atoms with Gasteiger partial charge in [0.15, 0.2) is 5.82 Å². The van der Waals surface area contributed by atoms with Crippen molar-refractivity contribution in [3.8, 4) is 6.01 Å². The van der Waals surface area contributed by atoms with Gasteiger partial charge in [-0.05, 0) is 26.0 Å². The topological polar surface area (TPSA) is 38.2 Å². The Morgan fingerprint density at radius 2 is 1.77 bits per heavy atom. The van der Waals surface area contributed by atoms with Crippen LogP contribution in [0.2, 0.25) is 0 Å². The number of halogens is 3. The normalized spacial score (nSPS) is 11.6. The SMILES string of the molecule is CC(C)Oc1ncc(C(F)(F)F)c(N(C)c2ccccc2)n1. The molecule has 0 N–H and O–H groups in total. The molecule has 1 aromatic heterocycles. The van der Waals surface area contributed by atoms with E-state index in [1.807, 2.05) is 0 Å². The Kier molecular flexibility index (Phi) is 4.54. The smallest absolute Gasteiger partial charge is 0.421 e. The van der Waals surface area contributed by atoms with Crippen LogP contribution >= 0.6 is 0 Å². The lowest BCUT2D eigenvalue weighted by molar-refractivity contribution is -0.137. The highest BCUT2D eigenvalue weighted by Gasteiger charge is 2.36. The minimum absolute atomic E-state index is 0.0826. The van der Waals surface area contributed by atoms with Gasteiger partial charge < -0.3 is 9.64 Å². The van der Waals surface area contributed by atoms with Gasteiger partial charge in [-0.15, -0.1) is 0 Å². The number of anilines is 2. The molecule has 2 rings (SSSR count). The summed E-state index contributed by atoms with van der Waals surface area (Å²) in [4.78, 5) is 8.93. The summed E-state index contributed by atoms with van der Waals surface area (Å²) in [7, 11) is 1.52. The Morgan fingerprint density at radius 3 is 2.32 bits per heavy atom. The lowest BCUT2D eigenvalue weighted by Gasteiger charge is -2.22. The van der Waals surface area contributed by atoms with Gasteiger partial charge in [-0.1, -0.05) is 18.2 Å². The molecule has 0 fully saturated rings.